The Morgan fingerprint density at radius 2 is 1.71 bits per heavy atom. The molecule has 0 saturated carbocycles. The van der Waals surface area contributed by atoms with Gasteiger partial charge in [-0.3, -0.25) is 9.59 Å². The van der Waals surface area contributed by atoms with E-state index in [0.717, 1.165) is 18.0 Å². The predicted octanol–water partition coefficient (Wildman–Crippen LogP) is 4.26. The van der Waals surface area contributed by atoms with E-state index in [-0.39, 0.29) is 17.8 Å². The van der Waals surface area contributed by atoms with Crippen molar-refractivity contribution in [1.82, 2.24) is 0 Å². The zero-order valence-electron chi connectivity index (χ0n) is 16.3. The van der Waals surface area contributed by atoms with Crippen LogP contribution in [0.1, 0.15) is 25.3 Å². The van der Waals surface area contributed by atoms with E-state index >= 15 is 0 Å². The van der Waals surface area contributed by atoms with E-state index in [1.807, 2.05) is 55.5 Å². The van der Waals surface area contributed by atoms with Gasteiger partial charge in [-0.15, -0.1) is 11.8 Å². The molecule has 1 N–H and O–H groups in total. The average Bonchev–Trinajstić information content (AvgIpc) is 3.23. The first-order chi connectivity index (χ1) is 13.5. The summed E-state index contributed by atoms with van der Waals surface area (Å²) in [4.78, 5) is 27.5. The van der Waals surface area contributed by atoms with Crippen LogP contribution in [-0.4, -0.2) is 36.8 Å². The van der Waals surface area contributed by atoms with Crippen molar-refractivity contribution >= 4 is 35.0 Å². The molecule has 6 heteroatoms. The highest BCUT2D eigenvalue weighted by atomic mass is 32.2. The smallest absolute Gasteiger partial charge is 0.319 e. The highest BCUT2D eigenvalue weighted by molar-refractivity contribution is 8.00. The molecule has 0 bridgehead atoms. The fourth-order valence-corrected chi connectivity index (χ4v) is 3.92. The number of esters is 1. The minimum Gasteiger partial charge on any atom is -0.455 e. The molecule has 1 aliphatic heterocycles. The van der Waals surface area contributed by atoms with Gasteiger partial charge in [-0.1, -0.05) is 17.7 Å². The molecule has 2 aromatic rings. The van der Waals surface area contributed by atoms with Crippen molar-refractivity contribution in [2.75, 3.05) is 29.9 Å². The van der Waals surface area contributed by atoms with E-state index in [2.05, 4.69) is 10.2 Å². The van der Waals surface area contributed by atoms with Crippen LogP contribution in [0.4, 0.5) is 11.4 Å². The Bertz CT molecular complexity index is 800. The van der Waals surface area contributed by atoms with Crippen LogP contribution in [0.15, 0.2) is 53.4 Å². The summed E-state index contributed by atoms with van der Waals surface area (Å²) in [6.07, 6.45) is 2.45. The van der Waals surface area contributed by atoms with Gasteiger partial charge < -0.3 is 15.0 Å². The van der Waals surface area contributed by atoms with E-state index in [0.29, 0.717) is 5.69 Å². The van der Waals surface area contributed by atoms with Gasteiger partial charge in [0.25, 0.3) is 5.91 Å². The normalized spacial score (nSPS) is 14.6. The molecule has 148 valence electrons. The third kappa shape index (κ3) is 5.76. The van der Waals surface area contributed by atoms with Gasteiger partial charge in [0.1, 0.15) is 5.25 Å². The Morgan fingerprint density at radius 1 is 1.07 bits per heavy atom. The SMILES string of the molecule is Cc1ccc(S[C@H](C)C(=O)OCC(=O)Nc2ccc(N3CCCC3)cc2)cc1. The summed E-state index contributed by atoms with van der Waals surface area (Å²) in [7, 11) is 0. The molecule has 1 atom stereocenters. The monoisotopic (exact) mass is 398 g/mol. The zero-order chi connectivity index (χ0) is 19.9. The highest BCUT2D eigenvalue weighted by Crippen LogP contribution is 2.24. The highest BCUT2D eigenvalue weighted by Gasteiger charge is 2.17. The number of ether oxygens (including phenoxy) is 1. The fourth-order valence-electron chi connectivity index (χ4n) is 3.05. The van der Waals surface area contributed by atoms with Crippen molar-refractivity contribution in [3.05, 3.63) is 54.1 Å². The van der Waals surface area contributed by atoms with Crippen LogP contribution in [0.5, 0.6) is 0 Å². The largest absolute Gasteiger partial charge is 0.455 e. The quantitative estimate of drug-likeness (QED) is 0.558. The van der Waals surface area contributed by atoms with Gasteiger partial charge in [0.05, 0.1) is 0 Å². The van der Waals surface area contributed by atoms with Gasteiger partial charge in [-0.25, -0.2) is 0 Å². The fraction of sp³-hybridized carbons (Fsp3) is 0.364. The molecule has 0 radical (unpaired) electrons. The number of aryl methyl sites for hydroxylation is 1. The standard InChI is InChI=1S/C22H26N2O3S/c1-16-5-11-20(12-6-16)28-17(2)22(26)27-15-21(25)23-18-7-9-19(10-8-18)24-13-3-4-14-24/h5-12,17H,3-4,13-15H2,1-2H3,(H,23,25)/t17-/m1/s1. The van der Waals surface area contributed by atoms with Gasteiger partial charge >= 0.3 is 5.97 Å². The number of nitrogens with zero attached hydrogens (tertiary/aromatic N) is 1. The molecule has 5 nitrogen and oxygen atoms in total. The molecule has 1 saturated heterocycles. The Labute approximate surface area is 170 Å². The third-order valence-electron chi connectivity index (χ3n) is 4.63. The Kier molecular flexibility index (Phi) is 6.98. The molecule has 1 aliphatic rings. The lowest BCUT2D eigenvalue weighted by atomic mass is 10.2. The number of carbonyl (C=O) groups is 2. The molecular weight excluding hydrogens is 372 g/mol. The van der Waals surface area contributed by atoms with Crippen molar-refractivity contribution in [3.8, 4) is 0 Å². The second-order valence-corrected chi connectivity index (χ2v) is 8.38. The van der Waals surface area contributed by atoms with E-state index in [9.17, 15) is 9.59 Å². The molecule has 0 aromatic heterocycles. The molecule has 0 aliphatic carbocycles. The van der Waals surface area contributed by atoms with Crippen LogP contribution in [0.2, 0.25) is 0 Å². The van der Waals surface area contributed by atoms with Gasteiger partial charge in [-0.05, 0) is 63.1 Å². The average molecular weight is 399 g/mol. The van der Waals surface area contributed by atoms with Crippen molar-refractivity contribution in [2.45, 2.75) is 36.8 Å². The first kappa shape index (κ1) is 20.3. The molecule has 1 fully saturated rings. The third-order valence-corrected chi connectivity index (χ3v) is 5.72. The van der Waals surface area contributed by atoms with Crippen LogP contribution in [0.25, 0.3) is 0 Å². The number of hydrogen-bond acceptors (Lipinski definition) is 5. The number of benzene rings is 2. The Morgan fingerprint density at radius 3 is 2.36 bits per heavy atom. The number of anilines is 2. The van der Waals surface area contributed by atoms with Crippen LogP contribution in [0, 0.1) is 6.92 Å². The number of amides is 1. The minimum atomic E-state index is -0.398. The number of hydrogen-bond donors (Lipinski definition) is 1. The maximum Gasteiger partial charge on any atom is 0.319 e. The molecule has 1 amide bonds. The molecule has 1 heterocycles. The second kappa shape index (κ2) is 9.64. The van der Waals surface area contributed by atoms with Gasteiger partial charge in [0.2, 0.25) is 0 Å². The number of rotatable bonds is 7. The van der Waals surface area contributed by atoms with Gasteiger partial charge in [0.15, 0.2) is 6.61 Å². The van der Waals surface area contributed by atoms with Crippen molar-refractivity contribution in [3.63, 3.8) is 0 Å². The Balaban J connectivity index is 1.42. The number of carbonyl (C=O) groups excluding carboxylic acids is 2. The summed E-state index contributed by atoms with van der Waals surface area (Å²) in [6.45, 7) is 5.68. The molecule has 3 rings (SSSR count). The van der Waals surface area contributed by atoms with Gasteiger partial charge in [-0.2, -0.15) is 0 Å². The van der Waals surface area contributed by atoms with Crippen molar-refractivity contribution in [1.29, 1.82) is 0 Å². The first-order valence-electron chi connectivity index (χ1n) is 9.56. The predicted molar refractivity (Wildman–Crippen MR) is 114 cm³/mol. The first-order valence-corrected chi connectivity index (χ1v) is 10.4. The number of thioether (sulfide) groups is 1. The van der Waals surface area contributed by atoms with E-state index in [1.165, 1.54) is 35.9 Å². The van der Waals surface area contributed by atoms with E-state index < -0.39 is 5.97 Å². The number of nitrogens with one attached hydrogen (secondary N) is 1. The molecule has 28 heavy (non-hydrogen) atoms. The molecule has 0 unspecified atom stereocenters. The van der Waals surface area contributed by atoms with Crippen LogP contribution >= 0.6 is 11.8 Å². The summed E-state index contributed by atoms with van der Waals surface area (Å²) in [5, 5.41) is 2.39. The lowest BCUT2D eigenvalue weighted by Crippen LogP contribution is -2.24. The molecule has 0 spiro atoms. The summed E-state index contributed by atoms with van der Waals surface area (Å²) in [5.74, 6) is -0.736. The summed E-state index contributed by atoms with van der Waals surface area (Å²) >= 11 is 1.42. The maximum atomic E-state index is 12.1. The summed E-state index contributed by atoms with van der Waals surface area (Å²) < 4.78 is 5.16. The van der Waals surface area contributed by atoms with E-state index in [1.54, 1.807) is 6.92 Å². The topological polar surface area (TPSA) is 58.6 Å². The van der Waals surface area contributed by atoms with Crippen LogP contribution in [-0.2, 0) is 14.3 Å². The van der Waals surface area contributed by atoms with Crippen molar-refractivity contribution < 1.29 is 14.3 Å². The maximum absolute atomic E-state index is 12.1. The molecular formula is C22H26N2O3S. The zero-order valence-corrected chi connectivity index (χ0v) is 17.1. The van der Waals surface area contributed by atoms with Crippen LogP contribution < -0.4 is 10.2 Å². The lowest BCUT2D eigenvalue weighted by molar-refractivity contribution is -0.146. The molecule has 2 aromatic carbocycles. The summed E-state index contributed by atoms with van der Waals surface area (Å²) in [5.41, 5.74) is 3.04. The van der Waals surface area contributed by atoms with E-state index in [4.69, 9.17) is 4.74 Å². The summed E-state index contributed by atoms with van der Waals surface area (Å²) in [6, 6.07) is 15.7. The van der Waals surface area contributed by atoms with Gasteiger partial charge in [0, 0.05) is 29.4 Å². The lowest BCUT2D eigenvalue weighted by Gasteiger charge is -2.17. The van der Waals surface area contributed by atoms with Crippen LogP contribution in [0.3, 0.4) is 0 Å². The Hall–Kier alpha value is -2.47. The minimum absolute atomic E-state index is 0.286. The van der Waals surface area contributed by atoms with Crippen molar-refractivity contribution in [2.24, 2.45) is 0 Å². The second-order valence-electron chi connectivity index (χ2n) is 6.97.